The summed E-state index contributed by atoms with van der Waals surface area (Å²) in [6.45, 7) is 12.3. The summed E-state index contributed by atoms with van der Waals surface area (Å²) in [5.41, 5.74) is 2.55. The van der Waals surface area contributed by atoms with Crippen molar-refractivity contribution in [3.05, 3.63) is 34.9 Å². The zero-order valence-electron chi connectivity index (χ0n) is 12.8. The van der Waals surface area contributed by atoms with Crippen LogP contribution in [0.2, 0.25) is 0 Å². The summed E-state index contributed by atoms with van der Waals surface area (Å²) in [6, 6.07) is 6.29. The van der Waals surface area contributed by atoms with Crippen molar-refractivity contribution in [3.8, 4) is 0 Å². The second-order valence-electron chi connectivity index (χ2n) is 5.44. The average molecular weight is 263 g/mol. The summed E-state index contributed by atoms with van der Waals surface area (Å²) in [5, 5.41) is 3.33. The summed E-state index contributed by atoms with van der Waals surface area (Å²) in [4.78, 5) is 12.3. The van der Waals surface area contributed by atoms with Gasteiger partial charge in [-0.1, -0.05) is 18.2 Å². The Hall–Kier alpha value is -1.35. The van der Waals surface area contributed by atoms with Crippen molar-refractivity contribution in [2.24, 2.45) is 0 Å². The number of carbonyl (C=O) groups excluding carboxylic acids is 1. The van der Waals surface area contributed by atoms with Gasteiger partial charge in [-0.15, -0.1) is 0 Å². The van der Waals surface area contributed by atoms with E-state index in [1.54, 1.807) is 0 Å². The van der Waals surface area contributed by atoms with Crippen molar-refractivity contribution >= 4 is 5.97 Å². The van der Waals surface area contributed by atoms with Crippen LogP contribution in [0.3, 0.4) is 0 Å². The third kappa shape index (κ3) is 3.57. The van der Waals surface area contributed by atoms with Crippen LogP contribution in [0.1, 0.15) is 44.4 Å². The van der Waals surface area contributed by atoms with Gasteiger partial charge in [-0.05, 0) is 58.2 Å². The van der Waals surface area contributed by atoms with Crippen molar-refractivity contribution in [1.29, 1.82) is 0 Å². The van der Waals surface area contributed by atoms with Gasteiger partial charge in [-0.25, -0.2) is 4.79 Å². The van der Waals surface area contributed by atoms with Crippen LogP contribution in [-0.4, -0.2) is 18.6 Å². The number of hydrogen-bond acceptors (Lipinski definition) is 3. The highest BCUT2D eigenvalue weighted by atomic mass is 16.5. The van der Waals surface area contributed by atoms with Crippen LogP contribution >= 0.6 is 0 Å². The molecule has 1 N–H and O–H groups in total. The second-order valence-corrected chi connectivity index (χ2v) is 5.44. The summed E-state index contributed by atoms with van der Waals surface area (Å²) < 4.78 is 5.23. The topological polar surface area (TPSA) is 38.3 Å². The molecule has 1 atom stereocenters. The van der Waals surface area contributed by atoms with Gasteiger partial charge >= 0.3 is 5.97 Å². The molecule has 0 bridgehead atoms. The Morgan fingerprint density at radius 3 is 2.42 bits per heavy atom. The number of carbonyl (C=O) groups is 1. The molecule has 106 valence electrons. The van der Waals surface area contributed by atoms with E-state index in [1.165, 1.54) is 11.1 Å². The molecule has 3 heteroatoms. The standard InChI is InChI=1S/C16H25NO2/c1-7-19-15(18)16(6,17-11(2)3)14-9-8-12(4)13(5)10-14/h8-11,17H,7H2,1-6H3. The fourth-order valence-electron chi connectivity index (χ4n) is 2.17. The van der Waals surface area contributed by atoms with Crippen LogP contribution in [0, 0.1) is 13.8 Å². The van der Waals surface area contributed by atoms with Gasteiger partial charge < -0.3 is 4.74 Å². The Kier molecular flexibility index (Phi) is 5.12. The van der Waals surface area contributed by atoms with E-state index in [4.69, 9.17) is 4.74 Å². The van der Waals surface area contributed by atoms with Gasteiger partial charge in [0, 0.05) is 6.04 Å². The van der Waals surface area contributed by atoms with Crippen molar-refractivity contribution in [3.63, 3.8) is 0 Å². The first-order chi connectivity index (χ1) is 8.81. The number of ether oxygens (including phenoxy) is 1. The molecule has 0 radical (unpaired) electrons. The lowest BCUT2D eigenvalue weighted by molar-refractivity contribution is -0.151. The first-order valence-electron chi connectivity index (χ1n) is 6.84. The summed E-state index contributed by atoms with van der Waals surface area (Å²) in [6.07, 6.45) is 0. The molecule has 0 saturated carbocycles. The normalized spacial score (nSPS) is 14.3. The molecule has 1 rings (SSSR count). The van der Waals surface area contributed by atoms with Crippen LogP contribution in [0.15, 0.2) is 18.2 Å². The predicted octanol–water partition coefficient (Wildman–Crippen LogP) is 3.08. The number of aryl methyl sites for hydroxylation is 2. The molecule has 0 fully saturated rings. The van der Waals surface area contributed by atoms with E-state index in [0.717, 1.165) is 5.56 Å². The lowest BCUT2D eigenvalue weighted by Crippen LogP contribution is -2.50. The lowest BCUT2D eigenvalue weighted by Gasteiger charge is -2.31. The maximum atomic E-state index is 12.3. The zero-order valence-corrected chi connectivity index (χ0v) is 12.8. The minimum Gasteiger partial charge on any atom is -0.464 e. The van der Waals surface area contributed by atoms with E-state index >= 15 is 0 Å². The first-order valence-corrected chi connectivity index (χ1v) is 6.84. The molecule has 0 spiro atoms. The maximum absolute atomic E-state index is 12.3. The Bertz CT molecular complexity index is 454. The summed E-state index contributed by atoms with van der Waals surface area (Å²) in [5.74, 6) is -0.230. The number of esters is 1. The average Bonchev–Trinajstić information content (AvgIpc) is 2.31. The molecule has 19 heavy (non-hydrogen) atoms. The third-order valence-electron chi connectivity index (χ3n) is 3.35. The highest BCUT2D eigenvalue weighted by Gasteiger charge is 2.37. The van der Waals surface area contributed by atoms with Crippen molar-refractivity contribution in [2.45, 2.75) is 53.1 Å². The van der Waals surface area contributed by atoms with Crippen LogP contribution in [0.5, 0.6) is 0 Å². The molecule has 1 unspecified atom stereocenters. The fraction of sp³-hybridized carbons (Fsp3) is 0.562. The molecule has 0 aliphatic heterocycles. The Balaban J connectivity index is 3.21. The van der Waals surface area contributed by atoms with Gasteiger partial charge in [0.05, 0.1) is 6.61 Å². The summed E-state index contributed by atoms with van der Waals surface area (Å²) in [7, 11) is 0. The molecule has 0 aromatic heterocycles. The van der Waals surface area contributed by atoms with E-state index in [2.05, 4.69) is 25.2 Å². The second kappa shape index (κ2) is 6.20. The number of hydrogen-bond donors (Lipinski definition) is 1. The highest BCUT2D eigenvalue weighted by Crippen LogP contribution is 2.25. The van der Waals surface area contributed by atoms with Crippen LogP contribution in [0.4, 0.5) is 0 Å². The van der Waals surface area contributed by atoms with Crippen molar-refractivity contribution in [2.75, 3.05) is 6.61 Å². The van der Waals surface area contributed by atoms with Gasteiger partial charge in [0.15, 0.2) is 0 Å². The minimum atomic E-state index is -0.803. The van der Waals surface area contributed by atoms with E-state index in [0.29, 0.717) is 6.61 Å². The summed E-state index contributed by atoms with van der Waals surface area (Å²) >= 11 is 0. The molecule has 1 aromatic carbocycles. The molecule has 0 amide bonds. The predicted molar refractivity (Wildman–Crippen MR) is 78.2 cm³/mol. The van der Waals surface area contributed by atoms with Gasteiger partial charge in [0.1, 0.15) is 5.54 Å². The zero-order chi connectivity index (χ0) is 14.6. The van der Waals surface area contributed by atoms with Crippen LogP contribution in [-0.2, 0) is 15.1 Å². The molecule has 0 heterocycles. The van der Waals surface area contributed by atoms with Gasteiger partial charge in [-0.3, -0.25) is 5.32 Å². The Labute approximate surface area is 116 Å². The molecular weight excluding hydrogens is 238 g/mol. The Morgan fingerprint density at radius 1 is 1.32 bits per heavy atom. The smallest absolute Gasteiger partial charge is 0.330 e. The van der Waals surface area contributed by atoms with Gasteiger partial charge in [-0.2, -0.15) is 0 Å². The van der Waals surface area contributed by atoms with Crippen LogP contribution in [0.25, 0.3) is 0 Å². The minimum absolute atomic E-state index is 0.191. The molecule has 0 aliphatic rings. The van der Waals surface area contributed by atoms with E-state index in [9.17, 15) is 4.79 Å². The molecule has 3 nitrogen and oxygen atoms in total. The molecule has 1 aromatic rings. The largest absolute Gasteiger partial charge is 0.464 e. The first kappa shape index (κ1) is 15.7. The van der Waals surface area contributed by atoms with E-state index in [1.807, 2.05) is 39.8 Å². The third-order valence-corrected chi connectivity index (χ3v) is 3.35. The number of rotatable bonds is 5. The SMILES string of the molecule is CCOC(=O)C(C)(NC(C)C)c1ccc(C)c(C)c1. The monoisotopic (exact) mass is 263 g/mol. The number of benzene rings is 1. The quantitative estimate of drug-likeness (QED) is 0.830. The molecular formula is C16H25NO2. The molecule has 0 aliphatic carbocycles. The van der Waals surface area contributed by atoms with Gasteiger partial charge in [0.25, 0.3) is 0 Å². The van der Waals surface area contributed by atoms with E-state index in [-0.39, 0.29) is 12.0 Å². The van der Waals surface area contributed by atoms with Crippen molar-refractivity contribution < 1.29 is 9.53 Å². The van der Waals surface area contributed by atoms with Gasteiger partial charge in [0.2, 0.25) is 0 Å². The van der Waals surface area contributed by atoms with Crippen LogP contribution < -0.4 is 5.32 Å². The Morgan fingerprint density at radius 2 is 1.95 bits per heavy atom. The maximum Gasteiger partial charge on any atom is 0.330 e. The van der Waals surface area contributed by atoms with E-state index < -0.39 is 5.54 Å². The number of nitrogens with one attached hydrogen (secondary N) is 1. The highest BCUT2D eigenvalue weighted by molar-refractivity contribution is 5.82. The fourth-order valence-corrected chi connectivity index (χ4v) is 2.17. The van der Waals surface area contributed by atoms with Crippen molar-refractivity contribution in [1.82, 2.24) is 5.32 Å². The molecule has 0 saturated heterocycles. The lowest BCUT2D eigenvalue weighted by atomic mass is 9.89.